The van der Waals surface area contributed by atoms with Crippen LogP contribution >= 0.6 is 0 Å². The average molecular weight is 549 g/mol. The van der Waals surface area contributed by atoms with E-state index in [2.05, 4.69) is 88.2 Å². The minimum absolute atomic E-state index is 0.153. The van der Waals surface area contributed by atoms with Crippen LogP contribution in [0.5, 0.6) is 0 Å². The zero-order chi connectivity index (χ0) is 29.6. The molecule has 0 spiro atoms. The quantitative estimate of drug-likeness (QED) is 0.446. The van der Waals surface area contributed by atoms with Crippen molar-refractivity contribution in [1.82, 2.24) is 4.90 Å². The van der Waals surface area contributed by atoms with Crippen LogP contribution in [0.15, 0.2) is 24.3 Å². The van der Waals surface area contributed by atoms with Gasteiger partial charge in [-0.3, -0.25) is 14.5 Å². The van der Waals surface area contributed by atoms with E-state index in [1.807, 2.05) is 12.1 Å². The lowest BCUT2D eigenvalue weighted by molar-refractivity contribution is -0.115. The van der Waals surface area contributed by atoms with Crippen molar-refractivity contribution in [2.45, 2.75) is 102 Å². The number of aliphatic hydroxyl groups is 2. The number of likely N-dealkylation sites (N-methyl/N-ethyl adjacent to an activating group) is 1. The Morgan fingerprint density at radius 1 is 0.775 bits per heavy atom. The third kappa shape index (κ3) is 3.98. The van der Waals surface area contributed by atoms with Crippen LogP contribution in [0, 0.1) is 0 Å². The number of rotatable bonds is 4. The molecule has 4 atom stereocenters. The Kier molecular flexibility index (Phi) is 6.64. The number of aliphatic hydroxyl groups excluding tert-OH is 2. The van der Waals surface area contributed by atoms with E-state index in [0.717, 1.165) is 33.5 Å². The van der Waals surface area contributed by atoms with Crippen molar-refractivity contribution in [3.05, 3.63) is 52.1 Å². The Hall–Kier alpha value is -2.94. The second-order valence-corrected chi connectivity index (χ2v) is 13.2. The molecule has 2 aliphatic heterocycles. The zero-order valence-corrected chi connectivity index (χ0v) is 25.4. The fourth-order valence-corrected chi connectivity index (χ4v) is 7.31. The molecule has 40 heavy (non-hydrogen) atoms. The largest absolute Gasteiger partial charge is 0.392 e. The molecule has 4 N–H and O–H groups in total. The van der Waals surface area contributed by atoms with Gasteiger partial charge >= 0.3 is 0 Å². The number of anilines is 3. The maximum Gasteiger partial charge on any atom is 0.221 e. The number of amides is 2. The molecule has 8 nitrogen and oxygen atoms in total. The summed E-state index contributed by atoms with van der Waals surface area (Å²) in [5.74, 6) is -1.60. The number of nitrogens with one attached hydrogen (secondary N) is 2. The van der Waals surface area contributed by atoms with Crippen LogP contribution in [0.25, 0.3) is 0 Å². The smallest absolute Gasteiger partial charge is 0.221 e. The fraction of sp³-hybridized carbons (Fsp3) is 0.562. The number of hydrogen-bond donors (Lipinski definition) is 4. The van der Waals surface area contributed by atoms with E-state index in [9.17, 15) is 19.8 Å². The molecule has 1 fully saturated rings. The van der Waals surface area contributed by atoms with Crippen LogP contribution in [0.1, 0.15) is 101 Å². The minimum Gasteiger partial charge on any atom is -0.392 e. The Labute approximate surface area is 237 Å². The summed E-state index contributed by atoms with van der Waals surface area (Å²) in [4.78, 5) is 28.9. The molecule has 2 aromatic rings. The molecule has 2 amide bonds. The molecule has 0 saturated heterocycles. The first-order valence-corrected chi connectivity index (χ1v) is 14.2. The van der Waals surface area contributed by atoms with E-state index in [1.165, 1.54) is 13.8 Å². The Morgan fingerprint density at radius 3 is 1.75 bits per heavy atom. The van der Waals surface area contributed by atoms with Gasteiger partial charge in [0.1, 0.15) is 0 Å². The average Bonchev–Trinajstić information content (AvgIpc) is 3.13. The lowest BCUT2D eigenvalue weighted by Crippen LogP contribution is -2.52. The van der Waals surface area contributed by atoms with Crippen LogP contribution in [-0.4, -0.2) is 59.3 Å². The fourth-order valence-electron chi connectivity index (χ4n) is 7.31. The van der Waals surface area contributed by atoms with Crippen molar-refractivity contribution in [3.63, 3.8) is 0 Å². The molecule has 2 heterocycles. The van der Waals surface area contributed by atoms with Gasteiger partial charge in [0.2, 0.25) is 11.8 Å². The lowest BCUT2D eigenvalue weighted by Gasteiger charge is -2.48. The number of benzene rings is 2. The summed E-state index contributed by atoms with van der Waals surface area (Å²) >= 11 is 0. The van der Waals surface area contributed by atoms with Crippen molar-refractivity contribution in [1.29, 1.82) is 0 Å². The van der Waals surface area contributed by atoms with Gasteiger partial charge in [-0.15, -0.1) is 0 Å². The maximum atomic E-state index is 12.2. The first-order valence-electron chi connectivity index (χ1n) is 14.2. The van der Waals surface area contributed by atoms with Crippen LogP contribution in [0.4, 0.5) is 17.1 Å². The van der Waals surface area contributed by atoms with Crippen molar-refractivity contribution < 1.29 is 19.8 Å². The summed E-state index contributed by atoms with van der Waals surface area (Å²) in [5, 5.41) is 29.4. The number of carbonyl (C=O) groups is 2. The van der Waals surface area contributed by atoms with E-state index in [-0.39, 0.29) is 34.9 Å². The Balaban J connectivity index is 1.60. The van der Waals surface area contributed by atoms with Gasteiger partial charge in [-0.25, -0.2) is 0 Å². The first-order chi connectivity index (χ1) is 18.5. The second kappa shape index (κ2) is 9.29. The van der Waals surface area contributed by atoms with Gasteiger partial charge in [-0.05, 0) is 74.7 Å². The van der Waals surface area contributed by atoms with Crippen LogP contribution in [0.3, 0.4) is 0 Å². The van der Waals surface area contributed by atoms with Crippen molar-refractivity contribution in [2.75, 3.05) is 29.6 Å². The highest BCUT2D eigenvalue weighted by Gasteiger charge is 2.54. The minimum atomic E-state index is -0.912. The summed E-state index contributed by atoms with van der Waals surface area (Å²) in [6, 6.07) is 8.50. The highest BCUT2D eigenvalue weighted by atomic mass is 16.3. The number of nitrogens with zero attached hydrogens (tertiary/aromatic N) is 2. The van der Waals surface area contributed by atoms with Crippen molar-refractivity contribution >= 4 is 28.9 Å². The normalized spacial score (nSPS) is 29.9. The van der Waals surface area contributed by atoms with Gasteiger partial charge in [0.05, 0.1) is 12.2 Å². The molecule has 8 heteroatoms. The second-order valence-electron chi connectivity index (χ2n) is 13.2. The molecule has 5 rings (SSSR count). The molecule has 0 bridgehead atoms. The predicted molar refractivity (Wildman–Crippen MR) is 159 cm³/mol. The van der Waals surface area contributed by atoms with E-state index in [1.54, 1.807) is 0 Å². The zero-order valence-electron chi connectivity index (χ0n) is 25.4. The van der Waals surface area contributed by atoms with Crippen molar-refractivity contribution in [2.24, 2.45) is 0 Å². The van der Waals surface area contributed by atoms with Gasteiger partial charge in [0.25, 0.3) is 0 Å². The van der Waals surface area contributed by atoms with Gasteiger partial charge < -0.3 is 25.7 Å². The highest BCUT2D eigenvalue weighted by Crippen LogP contribution is 2.56. The molecule has 216 valence electrons. The van der Waals surface area contributed by atoms with E-state index < -0.39 is 24.0 Å². The topological polar surface area (TPSA) is 105 Å². The third-order valence-electron chi connectivity index (χ3n) is 10.5. The van der Waals surface area contributed by atoms with Crippen LogP contribution in [-0.2, 0) is 20.5 Å². The summed E-state index contributed by atoms with van der Waals surface area (Å²) in [5.41, 5.74) is 6.73. The van der Waals surface area contributed by atoms with Crippen LogP contribution < -0.4 is 15.5 Å². The monoisotopic (exact) mass is 548 g/mol. The molecule has 3 aliphatic rings. The Morgan fingerprint density at radius 2 is 1.25 bits per heavy atom. The molecule has 1 saturated carbocycles. The highest BCUT2D eigenvalue weighted by molar-refractivity contribution is 5.92. The van der Waals surface area contributed by atoms with E-state index >= 15 is 0 Å². The summed E-state index contributed by atoms with van der Waals surface area (Å²) in [6.45, 7) is 16.0. The van der Waals surface area contributed by atoms with Gasteiger partial charge in [-0.2, -0.15) is 0 Å². The Bertz CT molecular complexity index is 1290. The number of carbonyl (C=O) groups excluding carboxylic acids is 2. The lowest BCUT2D eigenvalue weighted by atomic mass is 9.62. The first kappa shape index (κ1) is 28.6. The molecule has 0 radical (unpaired) electrons. The standard InChI is InChI=1S/C32H44N4O4/c1-15-19-13-24(33-17(3)37)20(11-22(19)32(7,8)36(15)10)27-29(39)28(30(27)40)21-12-23-26(14-25(21)34-18(4)38)35(9)16(2)31(23,5)6/h11-16,27-30,39-40H,1-10H3,(H,33,37)(H,34,38). The molecule has 1 aliphatic carbocycles. The molecular formula is C32H44N4O4. The summed E-state index contributed by atoms with van der Waals surface area (Å²) in [6.07, 6.45) is -1.82. The predicted octanol–water partition coefficient (Wildman–Crippen LogP) is 4.56. The molecule has 4 unspecified atom stereocenters. The van der Waals surface area contributed by atoms with Crippen molar-refractivity contribution in [3.8, 4) is 0 Å². The third-order valence-corrected chi connectivity index (χ3v) is 10.5. The molecule has 0 aromatic heterocycles. The van der Waals surface area contributed by atoms with E-state index in [0.29, 0.717) is 11.4 Å². The van der Waals surface area contributed by atoms with Crippen LogP contribution in [0.2, 0.25) is 0 Å². The molecule has 2 aromatic carbocycles. The molecular weight excluding hydrogens is 504 g/mol. The number of fused-ring (bicyclic) bond motifs is 2. The number of hydrogen-bond acceptors (Lipinski definition) is 6. The summed E-state index contributed by atoms with van der Waals surface area (Å²) < 4.78 is 0. The van der Waals surface area contributed by atoms with E-state index in [4.69, 9.17) is 0 Å². The van der Waals surface area contributed by atoms with Gasteiger partial charge in [0.15, 0.2) is 0 Å². The van der Waals surface area contributed by atoms with Gasteiger partial charge in [-0.1, -0.05) is 26.0 Å². The SMILES string of the molecule is CC(=O)Nc1cc2c(cc1C1C(O)C(c3cc4c(cc3NC(C)=O)C(C)N(C)C4(C)C)C1O)C(C)(C)C(C)N2C. The maximum absolute atomic E-state index is 12.2. The summed E-state index contributed by atoms with van der Waals surface area (Å²) in [7, 11) is 4.14. The van der Waals surface area contributed by atoms with Gasteiger partial charge in [0, 0.05) is 72.8 Å².